The summed E-state index contributed by atoms with van der Waals surface area (Å²) in [7, 11) is -1.64. The van der Waals surface area contributed by atoms with Crippen LogP contribution in [0.5, 0.6) is 5.88 Å². The number of anilines is 2. The summed E-state index contributed by atoms with van der Waals surface area (Å²) in [6, 6.07) is 5.16. The maximum atomic E-state index is 15.4. The molecule has 0 atom stereocenters. The van der Waals surface area contributed by atoms with Gasteiger partial charge < -0.3 is 14.8 Å². The zero-order valence-electron chi connectivity index (χ0n) is 18.9. The van der Waals surface area contributed by atoms with Crippen LogP contribution in [0.1, 0.15) is 0 Å². The molecule has 0 radical (unpaired) electrons. The van der Waals surface area contributed by atoms with Crippen molar-refractivity contribution in [1.82, 2.24) is 19.9 Å². The van der Waals surface area contributed by atoms with Crippen molar-refractivity contribution in [3.05, 3.63) is 59.5 Å². The summed E-state index contributed by atoms with van der Waals surface area (Å²) < 4.78 is 68.5. The van der Waals surface area contributed by atoms with E-state index < -0.39 is 32.4 Å². The Balaban J connectivity index is 1.70. The van der Waals surface area contributed by atoms with Crippen molar-refractivity contribution in [3.63, 3.8) is 0 Å². The second-order valence-corrected chi connectivity index (χ2v) is 9.35. The van der Waals surface area contributed by atoms with Gasteiger partial charge in [-0.15, -0.1) is 0 Å². The van der Waals surface area contributed by atoms with E-state index in [1.54, 1.807) is 7.11 Å². The standard InChI is InChI=1S/C22H19ClF2N6O4S/c1-34-8-7-27-22-29-11-15-16(30-22)4-3-13(18(15)24)14-5-6-26-20(19(14)25)31-36(32,33)17-9-12(23)10-28-21(17)35-2/h3-6,9-11H,7-8H2,1-2H3,(H,26,31)(H,27,29,30). The predicted octanol–water partition coefficient (Wildman–Crippen LogP) is 3.89. The van der Waals surface area contributed by atoms with E-state index in [-0.39, 0.29) is 33.4 Å². The third-order valence-corrected chi connectivity index (χ3v) is 6.51. The Morgan fingerprint density at radius 1 is 1.03 bits per heavy atom. The van der Waals surface area contributed by atoms with Gasteiger partial charge in [-0.1, -0.05) is 11.6 Å². The molecule has 0 unspecified atom stereocenters. The molecule has 0 bridgehead atoms. The SMILES string of the molecule is COCCNc1ncc2c(F)c(-c3ccnc(NS(=O)(=O)c4cc(Cl)cnc4OC)c3F)ccc2n1. The average Bonchev–Trinajstić information content (AvgIpc) is 2.86. The Labute approximate surface area is 209 Å². The fourth-order valence-corrected chi connectivity index (χ4v) is 4.67. The lowest BCUT2D eigenvalue weighted by atomic mass is 10.0. The topological polar surface area (TPSA) is 128 Å². The lowest BCUT2D eigenvalue weighted by Crippen LogP contribution is -2.17. The van der Waals surface area contributed by atoms with Crippen LogP contribution in [0.25, 0.3) is 22.0 Å². The van der Waals surface area contributed by atoms with Crippen molar-refractivity contribution >= 4 is 44.3 Å². The first-order valence-electron chi connectivity index (χ1n) is 10.3. The third-order valence-electron chi connectivity index (χ3n) is 4.97. The van der Waals surface area contributed by atoms with Crippen molar-refractivity contribution in [2.75, 3.05) is 37.4 Å². The van der Waals surface area contributed by atoms with Crippen LogP contribution in [0.3, 0.4) is 0 Å². The van der Waals surface area contributed by atoms with Crippen LogP contribution in [-0.2, 0) is 14.8 Å². The zero-order chi connectivity index (χ0) is 25.9. The van der Waals surface area contributed by atoms with Crippen molar-refractivity contribution < 1.29 is 26.7 Å². The number of nitrogens with one attached hydrogen (secondary N) is 2. The minimum absolute atomic E-state index is 0.0239. The van der Waals surface area contributed by atoms with Gasteiger partial charge >= 0.3 is 0 Å². The Hall–Kier alpha value is -3.68. The van der Waals surface area contributed by atoms with Crippen LogP contribution in [0, 0.1) is 11.6 Å². The van der Waals surface area contributed by atoms with Crippen molar-refractivity contribution in [2.24, 2.45) is 0 Å². The number of pyridine rings is 2. The van der Waals surface area contributed by atoms with Gasteiger partial charge in [-0.05, 0) is 24.3 Å². The lowest BCUT2D eigenvalue weighted by Gasteiger charge is -2.13. The highest BCUT2D eigenvalue weighted by Gasteiger charge is 2.25. The summed E-state index contributed by atoms with van der Waals surface area (Å²) in [6.07, 6.45) is 3.62. The largest absolute Gasteiger partial charge is 0.480 e. The number of methoxy groups -OCH3 is 2. The van der Waals surface area contributed by atoms with E-state index in [0.29, 0.717) is 18.7 Å². The molecule has 188 valence electrons. The van der Waals surface area contributed by atoms with E-state index in [1.165, 1.54) is 37.7 Å². The van der Waals surface area contributed by atoms with E-state index in [9.17, 15) is 8.42 Å². The Morgan fingerprint density at radius 3 is 2.56 bits per heavy atom. The van der Waals surface area contributed by atoms with Crippen LogP contribution in [0.15, 0.2) is 47.8 Å². The number of fused-ring (bicyclic) bond motifs is 1. The molecule has 36 heavy (non-hydrogen) atoms. The van der Waals surface area contributed by atoms with Crippen LogP contribution in [-0.4, -0.2) is 55.7 Å². The molecule has 0 saturated carbocycles. The molecular weight excluding hydrogens is 518 g/mol. The number of benzene rings is 1. The van der Waals surface area contributed by atoms with Crippen molar-refractivity contribution in [1.29, 1.82) is 0 Å². The van der Waals surface area contributed by atoms with Gasteiger partial charge in [-0.2, -0.15) is 0 Å². The van der Waals surface area contributed by atoms with Crippen LogP contribution < -0.4 is 14.8 Å². The molecular formula is C22H19ClF2N6O4S. The Bertz CT molecular complexity index is 1540. The van der Waals surface area contributed by atoms with Gasteiger partial charge in [0, 0.05) is 43.4 Å². The molecule has 3 aromatic heterocycles. The molecule has 0 spiro atoms. The molecule has 0 aliphatic carbocycles. The number of nitrogens with zero attached hydrogens (tertiary/aromatic N) is 4. The summed E-state index contributed by atoms with van der Waals surface area (Å²) >= 11 is 5.86. The van der Waals surface area contributed by atoms with Crippen LogP contribution >= 0.6 is 11.6 Å². The van der Waals surface area contributed by atoms with Gasteiger partial charge in [-0.25, -0.2) is 37.1 Å². The molecule has 0 fully saturated rings. The highest BCUT2D eigenvalue weighted by atomic mass is 35.5. The quantitative estimate of drug-likeness (QED) is 0.306. The fraction of sp³-hybridized carbons (Fsp3) is 0.182. The first kappa shape index (κ1) is 25.4. The summed E-state index contributed by atoms with van der Waals surface area (Å²) in [4.78, 5) is 15.5. The normalized spacial score (nSPS) is 11.5. The maximum absolute atomic E-state index is 15.4. The molecule has 0 aliphatic rings. The molecule has 10 nitrogen and oxygen atoms in total. The van der Waals surface area contributed by atoms with Crippen molar-refractivity contribution in [2.45, 2.75) is 4.90 Å². The number of sulfonamides is 1. The van der Waals surface area contributed by atoms with E-state index >= 15 is 8.78 Å². The first-order chi connectivity index (χ1) is 17.2. The number of hydrogen-bond acceptors (Lipinski definition) is 9. The number of hydrogen-bond donors (Lipinski definition) is 2. The van der Waals surface area contributed by atoms with E-state index in [4.69, 9.17) is 21.1 Å². The molecule has 1 aromatic carbocycles. The number of ether oxygens (including phenoxy) is 2. The number of halogens is 3. The molecule has 0 amide bonds. The fourth-order valence-electron chi connectivity index (χ4n) is 3.29. The number of aromatic nitrogens is 4. The average molecular weight is 537 g/mol. The Kier molecular flexibility index (Phi) is 7.43. The van der Waals surface area contributed by atoms with Gasteiger partial charge in [0.15, 0.2) is 16.5 Å². The summed E-state index contributed by atoms with van der Waals surface area (Å²) in [6.45, 7) is 0.892. The van der Waals surface area contributed by atoms with E-state index in [2.05, 4.69) is 25.3 Å². The molecule has 4 rings (SSSR count). The summed E-state index contributed by atoms with van der Waals surface area (Å²) in [5, 5.41) is 3.02. The summed E-state index contributed by atoms with van der Waals surface area (Å²) in [5.41, 5.74) is -0.0590. The molecule has 4 aromatic rings. The van der Waals surface area contributed by atoms with Gasteiger partial charge in [0.25, 0.3) is 10.0 Å². The van der Waals surface area contributed by atoms with Crippen LogP contribution in [0.4, 0.5) is 20.5 Å². The summed E-state index contributed by atoms with van der Waals surface area (Å²) in [5.74, 6) is -2.49. The van der Waals surface area contributed by atoms with Gasteiger partial charge in [0.05, 0.1) is 29.6 Å². The minimum Gasteiger partial charge on any atom is -0.480 e. The third kappa shape index (κ3) is 5.12. The van der Waals surface area contributed by atoms with Crippen LogP contribution in [0.2, 0.25) is 5.02 Å². The van der Waals surface area contributed by atoms with Gasteiger partial charge in [-0.3, -0.25) is 4.72 Å². The van der Waals surface area contributed by atoms with Gasteiger partial charge in [0.1, 0.15) is 5.82 Å². The molecule has 3 heterocycles. The second kappa shape index (κ2) is 10.5. The maximum Gasteiger partial charge on any atom is 0.268 e. The Morgan fingerprint density at radius 2 is 1.81 bits per heavy atom. The molecule has 0 saturated heterocycles. The van der Waals surface area contributed by atoms with Gasteiger partial charge in [0.2, 0.25) is 11.8 Å². The molecule has 14 heteroatoms. The smallest absolute Gasteiger partial charge is 0.268 e. The first-order valence-corrected chi connectivity index (χ1v) is 12.2. The second-order valence-electron chi connectivity index (χ2n) is 7.26. The lowest BCUT2D eigenvalue weighted by molar-refractivity contribution is 0.210. The minimum atomic E-state index is -4.41. The molecule has 2 N–H and O–H groups in total. The zero-order valence-corrected chi connectivity index (χ0v) is 20.5. The highest BCUT2D eigenvalue weighted by Crippen LogP contribution is 2.33. The highest BCUT2D eigenvalue weighted by molar-refractivity contribution is 7.92. The number of rotatable bonds is 9. The van der Waals surface area contributed by atoms with Crippen molar-refractivity contribution in [3.8, 4) is 17.0 Å². The monoisotopic (exact) mass is 536 g/mol. The van der Waals surface area contributed by atoms with E-state index in [1.807, 2.05) is 4.72 Å². The predicted molar refractivity (Wildman–Crippen MR) is 130 cm³/mol. The molecule has 0 aliphatic heterocycles. The van der Waals surface area contributed by atoms with E-state index in [0.717, 1.165) is 12.3 Å².